The van der Waals surface area contributed by atoms with E-state index >= 15 is 0 Å². The fraction of sp³-hybridized carbons (Fsp3) is 0.273. The van der Waals surface area contributed by atoms with Crippen molar-refractivity contribution >= 4 is 23.4 Å². The third kappa shape index (κ3) is 1.83. The van der Waals surface area contributed by atoms with Gasteiger partial charge in [-0.15, -0.1) is 0 Å². The van der Waals surface area contributed by atoms with Crippen LogP contribution in [0.3, 0.4) is 0 Å². The van der Waals surface area contributed by atoms with E-state index in [1.165, 1.54) is 0 Å². The molecule has 0 amide bonds. The van der Waals surface area contributed by atoms with Gasteiger partial charge in [-0.3, -0.25) is 4.79 Å². The third-order valence-electron chi connectivity index (χ3n) is 2.28. The number of hydrogen-bond donors (Lipinski definition) is 0. The lowest BCUT2D eigenvalue weighted by Gasteiger charge is -1.98. The molecule has 0 radical (unpaired) electrons. The molecule has 0 aromatic heterocycles. The molecule has 0 atom stereocenters. The van der Waals surface area contributed by atoms with Crippen LogP contribution in [0.1, 0.15) is 28.8 Å². The summed E-state index contributed by atoms with van der Waals surface area (Å²) < 4.78 is 0. The minimum Gasteiger partial charge on any atom is -0.294 e. The molecule has 0 unspecified atom stereocenters. The predicted octanol–water partition coefficient (Wildman–Crippen LogP) is 2.63. The highest BCUT2D eigenvalue weighted by Crippen LogP contribution is 2.32. The summed E-state index contributed by atoms with van der Waals surface area (Å²) in [6.45, 7) is 0. The van der Waals surface area contributed by atoms with Crippen molar-refractivity contribution in [1.82, 2.24) is 0 Å². The number of hydrogen-bond acceptors (Lipinski definition) is 2. The molecule has 2 rings (SSSR count). The van der Waals surface area contributed by atoms with Crippen molar-refractivity contribution in [3.05, 3.63) is 35.4 Å². The lowest BCUT2D eigenvalue weighted by molar-refractivity contribution is 0.0967. The molecule has 1 aliphatic rings. The third-order valence-corrected chi connectivity index (χ3v) is 2.55. The van der Waals surface area contributed by atoms with Crippen LogP contribution in [-0.2, 0) is 0 Å². The molecular formula is C11H10OS. The van der Waals surface area contributed by atoms with Gasteiger partial charge in [-0.05, 0) is 18.4 Å². The molecule has 0 saturated heterocycles. The minimum atomic E-state index is 0.288. The van der Waals surface area contributed by atoms with Crippen LogP contribution in [-0.4, -0.2) is 11.2 Å². The van der Waals surface area contributed by atoms with Crippen molar-refractivity contribution in [2.24, 2.45) is 5.92 Å². The fourth-order valence-corrected chi connectivity index (χ4v) is 1.46. The van der Waals surface area contributed by atoms with E-state index in [1.807, 2.05) is 24.3 Å². The first-order chi connectivity index (χ1) is 6.31. The first kappa shape index (κ1) is 8.57. The zero-order valence-corrected chi connectivity index (χ0v) is 8.01. The molecule has 0 aliphatic heterocycles. The van der Waals surface area contributed by atoms with Crippen molar-refractivity contribution in [2.75, 3.05) is 0 Å². The van der Waals surface area contributed by atoms with Crippen LogP contribution < -0.4 is 0 Å². The van der Waals surface area contributed by atoms with Gasteiger partial charge in [0.05, 0.1) is 0 Å². The van der Waals surface area contributed by atoms with E-state index < -0.39 is 0 Å². The number of ketones is 1. The first-order valence-corrected chi connectivity index (χ1v) is 4.88. The number of thiocarbonyl (C=S) groups is 1. The average Bonchev–Trinajstić information content (AvgIpc) is 3.00. The molecular weight excluding hydrogens is 180 g/mol. The summed E-state index contributed by atoms with van der Waals surface area (Å²) in [4.78, 5) is 11.6. The van der Waals surface area contributed by atoms with Gasteiger partial charge in [0.15, 0.2) is 5.78 Å². The Hall–Kier alpha value is -1.02. The normalized spacial score (nSPS) is 15.4. The standard InChI is InChI=1S/C11H10OS/c12-11(10-5-6-10)9-3-1-8(7-13)2-4-9/h1-4,7,10H,5-6H2. The predicted molar refractivity (Wildman–Crippen MR) is 56.3 cm³/mol. The average molecular weight is 190 g/mol. The lowest BCUT2D eigenvalue weighted by atomic mass is 10.1. The topological polar surface area (TPSA) is 17.1 Å². The van der Waals surface area contributed by atoms with E-state index in [9.17, 15) is 4.79 Å². The molecule has 0 spiro atoms. The maximum absolute atomic E-state index is 11.6. The Labute approximate surface area is 82.8 Å². The summed E-state index contributed by atoms with van der Waals surface area (Å²) in [6.07, 6.45) is 2.13. The van der Waals surface area contributed by atoms with Crippen LogP contribution >= 0.6 is 12.2 Å². The van der Waals surface area contributed by atoms with Crippen LogP contribution in [0, 0.1) is 5.92 Å². The molecule has 0 bridgehead atoms. The Kier molecular flexibility index (Phi) is 2.23. The van der Waals surface area contributed by atoms with Crippen LogP contribution in [0.2, 0.25) is 0 Å². The second-order valence-corrected chi connectivity index (χ2v) is 3.61. The molecule has 1 nitrogen and oxygen atoms in total. The molecule has 1 fully saturated rings. The molecule has 66 valence electrons. The highest BCUT2D eigenvalue weighted by molar-refractivity contribution is 7.79. The molecule has 2 heteroatoms. The first-order valence-electron chi connectivity index (χ1n) is 4.41. The highest BCUT2D eigenvalue weighted by Gasteiger charge is 2.30. The van der Waals surface area contributed by atoms with E-state index in [4.69, 9.17) is 12.2 Å². The zero-order valence-electron chi connectivity index (χ0n) is 7.19. The number of carbonyl (C=O) groups excluding carboxylic acids is 1. The van der Waals surface area contributed by atoms with E-state index in [2.05, 4.69) is 0 Å². The van der Waals surface area contributed by atoms with Gasteiger partial charge in [0.2, 0.25) is 0 Å². The second-order valence-electron chi connectivity index (χ2n) is 3.38. The van der Waals surface area contributed by atoms with Crippen molar-refractivity contribution in [3.8, 4) is 0 Å². The molecule has 0 N–H and O–H groups in total. The zero-order chi connectivity index (χ0) is 9.26. The smallest absolute Gasteiger partial charge is 0.165 e. The van der Waals surface area contributed by atoms with Crippen molar-refractivity contribution < 1.29 is 4.79 Å². The van der Waals surface area contributed by atoms with Crippen LogP contribution in [0.15, 0.2) is 24.3 Å². The Balaban J connectivity index is 2.21. The van der Waals surface area contributed by atoms with Gasteiger partial charge in [0, 0.05) is 16.8 Å². The lowest BCUT2D eigenvalue weighted by Crippen LogP contribution is -2.00. The summed E-state index contributed by atoms with van der Waals surface area (Å²) in [5.41, 5.74) is 1.81. The van der Waals surface area contributed by atoms with Crippen molar-refractivity contribution in [1.29, 1.82) is 0 Å². The van der Waals surface area contributed by atoms with Crippen molar-refractivity contribution in [2.45, 2.75) is 12.8 Å². The number of Topliss-reactive ketones (excluding diaryl/α,β-unsaturated/α-hetero) is 1. The van der Waals surface area contributed by atoms with Crippen LogP contribution in [0.4, 0.5) is 0 Å². The van der Waals surface area contributed by atoms with Crippen LogP contribution in [0.25, 0.3) is 0 Å². The van der Waals surface area contributed by atoms with Gasteiger partial charge in [-0.25, -0.2) is 0 Å². The maximum Gasteiger partial charge on any atom is 0.165 e. The van der Waals surface area contributed by atoms with E-state index in [0.29, 0.717) is 5.92 Å². The summed E-state index contributed by atoms with van der Waals surface area (Å²) >= 11 is 4.78. The van der Waals surface area contributed by atoms with Crippen LogP contribution in [0.5, 0.6) is 0 Å². The highest BCUT2D eigenvalue weighted by atomic mass is 32.1. The van der Waals surface area contributed by atoms with Gasteiger partial charge in [0.1, 0.15) is 0 Å². The molecule has 13 heavy (non-hydrogen) atoms. The van der Waals surface area contributed by atoms with Gasteiger partial charge >= 0.3 is 0 Å². The van der Waals surface area contributed by atoms with E-state index in [-0.39, 0.29) is 5.78 Å². The quantitative estimate of drug-likeness (QED) is 0.538. The SMILES string of the molecule is O=C(c1ccc(C=S)cc1)C1CC1. The number of benzene rings is 1. The summed E-state index contributed by atoms with van der Waals surface area (Å²) in [7, 11) is 0. The van der Waals surface area contributed by atoms with Gasteiger partial charge in [0.25, 0.3) is 0 Å². The molecule has 1 aromatic carbocycles. The van der Waals surface area contributed by atoms with E-state index in [0.717, 1.165) is 24.0 Å². The molecule has 1 aromatic rings. The van der Waals surface area contributed by atoms with Gasteiger partial charge < -0.3 is 0 Å². The van der Waals surface area contributed by atoms with Gasteiger partial charge in [-0.2, -0.15) is 0 Å². The summed E-state index contributed by atoms with van der Waals surface area (Å²) in [5, 5.41) is 1.62. The van der Waals surface area contributed by atoms with Gasteiger partial charge in [-0.1, -0.05) is 36.5 Å². The Bertz CT molecular complexity index is 336. The molecule has 1 saturated carbocycles. The van der Waals surface area contributed by atoms with E-state index in [1.54, 1.807) is 5.37 Å². The molecule has 1 aliphatic carbocycles. The Morgan fingerprint density at radius 1 is 1.31 bits per heavy atom. The monoisotopic (exact) mass is 190 g/mol. The van der Waals surface area contributed by atoms with Crippen molar-refractivity contribution in [3.63, 3.8) is 0 Å². The largest absolute Gasteiger partial charge is 0.294 e. The minimum absolute atomic E-state index is 0.288. The second kappa shape index (κ2) is 3.38. The molecule has 0 heterocycles. The Morgan fingerprint density at radius 2 is 1.92 bits per heavy atom. The summed E-state index contributed by atoms with van der Waals surface area (Å²) in [6, 6.07) is 7.50. The number of rotatable bonds is 3. The maximum atomic E-state index is 11.6. The summed E-state index contributed by atoms with van der Waals surface area (Å²) in [5.74, 6) is 0.592. The fourth-order valence-electron chi connectivity index (χ4n) is 1.31. The number of carbonyl (C=O) groups is 1. The Morgan fingerprint density at radius 3 is 2.38 bits per heavy atom.